The second kappa shape index (κ2) is 5.26. The molecule has 2 aromatic carbocycles. The normalized spacial score (nSPS) is 14.0. The number of benzene rings is 2. The van der Waals surface area contributed by atoms with Crippen molar-refractivity contribution >= 4 is 10.8 Å². The van der Waals surface area contributed by atoms with Crippen molar-refractivity contribution in [2.24, 2.45) is 0 Å². The maximum absolute atomic E-state index is 13.5. The Morgan fingerprint density at radius 1 is 1.14 bits per heavy atom. The first kappa shape index (κ1) is 13.7. The highest BCUT2D eigenvalue weighted by molar-refractivity contribution is 5.86. The van der Waals surface area contributed by atoms with Crippen molar-refractivity contribution in [1.29, 1.82) is 0 Å². The van der Waals surface area contributed by atoms with E-state index in [2.05, 4.69) is 4.98 Å². The van der Waals surface area contributed by atoms with Crippen molar-refractivity contribution in [3.8, 4) is 0 Å². The number of hydrogen-bond donors (Lipinski definition) is 1. The summed E-state index contributed by atoms with van der Waals surface area (Å²) in [7, 11) is 0. The standard InChI is InChI=1S/C18H16FNO/c1-2-18(21,14-6-4-7-15(19)11-14)17-8-3-5-13-9-10-20-12-16(13)17/h3-12,21H,2H2,1H3. The number of halogens is 1. The molecule has 3 heteroatoms. The molecule has 106 valence electrons. The number of aliphatic hydroxyl groups is 1. The van der Waals surface area contributed by atoms with Gasteiger partial charge in [0, 0.05) is 17.8 Å². The highest BCUT2D eigenvalue weighted by Gasteiger charge is 2.31. The van der Waals surface area contributed by atoms with Crippen LogP contribution in [0.25, 0.3) is 10.8 Å². The summed E-state index contributed by atoms with van der Waals surface area (Å²) >= 11 is 0. The van der Waals surface area contributed by atoms with Crippen LogP contribution >= 0.6 is 0 Å². The summed E-state index contributed by atoms with van der Waals surface area (Å²) in [5.41, 5.74) is 0.0764. The average Bonchev–Trinajstić information content (AvgIpc) is 2.53. The SMILES string of the molecule is CCC(O)(c1cccc(F)c1)c1cccc2ccncc12. The van der Waals surface area contributed by atoms with Crippen molar-refractivity contribution in [2.75, 3.05) is 0 Å². The Labute approximate surface area is 122 Å². The van der Waals surface area contributed by atoms with E-state index >= 15 is 0 Å². The number of nitrogens with zero attached hydrogens (tertiary/aromatic N) is 1. The minimum Gasteiger partial charge on any atom is -0.380 e. The van der Waals surface area contributed by atoms with Gasteiger partial charge in [0.05, 0.1) is 0 Å². The largest absolute Gasteiger partial charge is 0.380 e. The van der Waals surface area contributed by atoms with Gasteiger partial charge in [-0.25, -0.2) is 4.39 Å². The predicted molar refractivity (Wildman–Crippen MR) is 81.4 cm³/mol. The molecule has 0 spiro atoms. The lowest BCUT2D eigenvalue weighted by Gasteiger charge is -2.29. The zero-order chi connectivity index (χ0) is 14.9. The lowest BCUT2D eigenvalue weighted by atomic mass is 9.82. The number of pyridine rings is 1. The highest BCUT2D eigenvalue weighted by Crippen LogP contribution is 2.36. The quantitative estimate of drug-likeness (QED) is 0.786. The van der Waals surface area contributed by atoms with Crippen LogP contribution in [0.2, 0.25) is 0 Å². The van der Waals surface area contributed by atoms with Gasteiger partial charge in [0.2, 0.25) is 0 Å². The number of rotatable bonds is 3. The molecule has 21 heavy (non-hydrogen) atoms. The second-order valence-electron chi connectivity index (χ2n) is 5.13. The minimum absolute atomic E-state index is 0.349. The molecule has 0 amide bonds. The fraction of sp³-hybridized carbons (Fsp3) is 0.167. The molecule has 2 nitrogen and oxygen atoms in total. The smallest absolute Gasteiger partial charge is 0.123 e. The van der Waals surface area contributed by atoms with E-state index in [-0.39, 0.29) is 5.82 Å². The van der Waals surface area contributed by atoms with Crippen LogP contribution < -0.4 is 0 Å². The summed E-state index contributed by atoms with van der Waals surface area (Å²) < 4.78 is 13.5. The third-order valence-corrected chi connectivity index (χ3v) is 3.94. The molecule has 3 aromatic rings. The first-order valence-corrected chi connectivity index (χ1v) is 6.97. The summed E-state index contributed by atoms with van der Waals surface area (Å²) in [6, 6.07) is 13.8. The van der Waals surface area contributed by atoms with Gasteiger partial charge in [0.1, 0.15) is 11.4 Å². The van der Waals surface area contributed by atoms with E-state index in [4.69, 9.17) is 0 Å². The van der Waals surface area contributed by atoms with Gasteiger partial charge in [-0.2, -0.15) is 0 Å². The van der Waals surface area contributed by atoms with Crippen LogP contribution in [0.15, 0.2) is 60.9 Å². The monoisotopic (exact) mass is 281 g/mol. The molecule has 0 fully saturated rings. The van der Waals surface area contributed by atoms with Crippen molar-refractivity contribution in [3.05, 3.63) is 77.9 Å². The summed E-state index contributed by atoms with van der Waals surface area (Å²) in [6.45, 7) is 1.89. The van der Waals surface area contributed by atoms with E-state index in [1.165, 1.54) is 12.1 Å². The molecule has 0 radical (unpaired) electrons. The van der Waals surface area contributed by atoms with Crippen LogP contribution in [0, 0.1) is 5.82 Å². The second-order valence-corrected chi connectivity index (χ2v) is 5.13. The Hall–Kier alpha value is -2.26. The van der Waals surface area contributed by atoms with Crippen molar-refractivity contribution in [3.63, 3.8) is 0 Å². The Bertz CT molecular complexity index is 782. The number of hydrogen-bond acceptors (Lipinski definition) is 2. The fourth-order valence-corrected chi connectivity index (χ4v) is 2.77. The molecule has 0 aliphatic carbocycles. The van der Waals surface area contributed by atoms with Crippen LogP contribution in [-0.2, 0) is 5.60 Å². The maximum atomic E-state index is 13.5. The predicted octanol–water partition coefficient (Wildman–Crippen LogP) is 4.02. The summed E-state index contributed by atoms with van der Waals surface area (Å²) in [5, 5.41) is 13.1. The van der Waals surface area contributed by atoms with E-state index in [1.807, 2.05) is 31.2 Å². The Balaban J connectivity index is 2.27. The molecule has 0 bridgehead atoms. The van der Waals surface area contributed by atoms with Gasteiger partial charge < -0.3 is 5.11 Å². The van der Waals surface area contributed by atoms with Crippen LogP contribution in [0.3, 0.4) is 0 Å². The van der Waals surface area contributed by atoms with Gasteiger partial charge in [0.25, 0.3) is 0 Å². The maximum Gasteiger partial charge on any atom is 0.123 e. The van der Waals surface area contributed by atoms with E-state index in [9.17, 15) is 9.50 Å². The van der Waals surface area contributed by atoms with Gasteiger partial charge in [0.15, 0.2) is 0 Å². The van der Waals surface area contributed by atoms with Crippen molar-refractivity contribution < 1.29 is 9.50 Å². The third kappa shape index (κ3) is 2.30. The van der Waals surface area contributed by atoms with E-state index in [0.717, 1.165) is 16.3 Å². The number of aromatic nitrogens is 1. The minimum atomic E-state index is -1.23. The molecule has 0 aliphatic heterocycles. The molecule has 1 heterocycles. The van der Waals surface area contributed by atoms with Gasteiger partial charge in [-0.05, 0) is 41.1 Å². The molecule has 1 N–H and O–H groups in total. The lowest BCUT2D eigenvalue weighted by Crippen LogP contribution is -2.26. The molecule has 3 rings (SSSR count). The van der Waals surface area contributed by atoms with Gasteiger partial charge in [-0.15, -0.1) is 0 Å². The summed E-state index contributed by atoms with van der Waals surface area (Å²) in [5.74, 6) is -0.349. The Morgan fingerprint density at radius 2 is 1.95 bits per heavy atom. The third-order valence-electron chi connectivity index (χ3n) is 3.94. The Morgan fingerprint density at radius 3 is 2.71 bits per heavy atom. The van der Waals surface area contributed by atoms with Gasteiger partial charge in [-0.1, -0.05) is 37.3 Å². The molecule has 0 saturated carbocycles. The van der Waals surface area contributed by atoms with Crippen molar-refractivity contribution in [2.45, 2.75) is 18.9 Å². The Kier molecular flexibility index (Phi) is 3.43. The van der Waals surface area contributed by atoms with Gasteiger partial charge in [-0.3, -0.25) is 4.98 Å². The van der Waals surface area contributed by atoms with Crippen LogP contribution in [-0.4, -0.2) is 10.1 Å². The molecule has 1 atom stereocenters. The average molecular weight is 281 g/mol. The molecular weight excluding hydrogens is 265 g/mol. The van der Waals surface area contributed by atoms with E-state index in [0.29, 0.717) is 12.0 Å². The van der Waals surface area contributed by atoms with E-state index in [1.54, 1.807) is 24.5 Å². The van der Waals surface area contributed by atoms with Crippen LogP contribution in [0.5, 0.6) is 0 Å². The molecular formula is C18H16FNO. The number of fused-ring (bicyclic) bond motifs is 1. The van der Waals surface area contributed by atoms with E-state index < -0.39 is 5.60 Å². The van der Waals surface area contributed by atoms with Gasteiger partial charge >= 0.3 is 0 Å². The van der Waals surface area contributed by atoms with Crippen LogP contribution in [0.1, 0.15) is 24.5 Å². The topological polar surface area (TPSA) is 33.1 Å². The van der Waals surface area contributed by atoms with Crippen molar-refractivity contribution in [1.82, 2.24) is 4.98 Å². The zero-order valence-electron chi connectivity index (χ0n) is 11.8. The molecule has 0 aliphatic rings. The first-order valence-electron chi connectivity index (χ1n) is 6.97. The summed E-state index contributed by atoms with van der Waals surface area (Å²) in [4.78, 5) is 4.15. The van der Waals surface area contributed by atoms with Crippen LogP contribution in [0.4, 0.5) is 4.39 Å². The molecule has 1 aromatic heterocycles. The molecule has 1 unspecified atom stereocenters. The first-order chi connectivity index (χ1) is 10.1. The zero-order valence-corrected chi connectivity index (χ0v) is 11.8. The fourth-order valence-electron chi connectivity index (χ4n) is 2.77. The molecule has 0 saturated heterocycles. The highest BCUT2D eigenvalue weighted by atomic mass is 19.1. The lowest BCUT2D eigenvalue weighted by molar-refractivity contribution is 0.0777. The summed E-state index contributed by atoms with van der Waals surface area (Å²) in [6.07, 6.45) is 3.91.